The Kier molecular flexibility index (Phi) is 7.65. The number of nitrogens with two attached hydrogens (primary N) is 1. The van der Waals surface area contributed by atoms with Gasteiger partial charge in [-0.15, -0.1) is 0 Å². The highest BCUT2D eigenvalue weighted by molar-refractivity contribution is 7.65. The van der Waals surface area contributed by atoms with E-state index in [2.05, 4.69) is 20.0 Å². The van der Waals surface area contributed by atoms with Gasteiger partial charge in [-0.25, -0.2) is 4.68 Å². The van der Waals surface area contributed by atoms with Crippen molar-refractivity contribution in [3.05, 3.63) is 63.5 Å². The summed E-state index contributed by atoms with van der Waals surface area (Å²) in [5, 5.41) is 21.0. The van der Waals surface area contributed by atoms with E-state index in [0.717, 1.165) is 24.1 Å². The average molecular weight is 571 g/mol. The van der Waals surface area contributed by atoms with Crippen molar-refractivity contribution in [1.29, 1.82) is 0 Å². The molecule has 1 aromatic carbocycles. The standard InChI is InChI=1S/C22H21F3N5O6PS/c1-12(22(23,24)25)4-6-30-21(32)17(19(31)18(28-30)13-5-9-38-11-13)20-27-15-3-2-14(35-7-8-36-26)10-16(15)37(33,34)29-20/h2-3,5,7-12,31H,4,6,26H2,1H3,(H2,27,29,33,34)/b8-7+. The van der Waals surface area contributed by atoms with Crippen LogP contribution in [0.4, 0.5) is 18.9 Å². The summed E-state index contributed by atoms with van der Waals surface area (Å²) in [7, 11) is -4.51. The molecule has 0 amide bonds. The Bertz CT molecular complexity index is 1510. The lowest BCUT2D eigenvalue weighted by Gasteiger charge is -2.23. The second-order valence-electron chi connectivity index (χ2n) is 8.17. The minimum absolute atomic E-state index is 0.0946. The molecule has 5 N–H and O–H groups in total. The number of hydrogen-bond acceptors (Lipinski definition) is 9. The summed E-state index contributed by atoms with van der Waals surface area (Å²) in [5.41, 5.74) is -1.10. The first-order chi connectivity index (χ1) is 17.9. The molecule has 0 aliphatic carbocycles. The number of rotatable bonds is 8. The minimum atomic E-state index is -4.51. The topological polar surface area (TPSA) is 161 Å². The second-order valence-corrected chi connectivity index (χ2v) is 10.7. The predicted octanol–water partition coefficient (Wildman–Crippen LogP) is 3.69. The smallest absolute Gasteiger partial charge is 0.391 e. The number of anilines is 1. The van der Waals surface area contributed by atoms with Gasteiger partial charge in [0.2, 0.25) is 0 Å². The summed E-state index contributed by atoms with van der Waals surface area (Å²) >= 11 is 1.27. The first-order valence-electron chi connectivity index (χ1n) is 10.9. The van der Waals surface area contributed by atoms with Crippen LogP contribution in [0.2, 0.25) is 0 Å². The number of nitrogens with zero attached hydrogens (tertiary/aromatic N) is 3. The van der Waals surface area contributed by atoms with Gasteiger partial charge in [0.15, 0.2) is 11.6 Å². The Balaban J connectivity index is 1.80. The van der Waals surface area contributed by atoms with Crippen molar-refractivity contribution in [2.24, 2.45) is 16.6 Å². The summed E-state index contributed by atoms with van der Waals surface area (Å²) in [4.78, 5) is 28.3. The quantitative estimate of drug-likeness (QED) is 0.180. The SMILES string of the molecule is CC(CCn1nc(-c2ccsc2)c(O)c(C2=NP(=O)(O)c3cc(O/C=C/ON)ccc3N2)c1=O)C(F)(F)F. The summed E-state index contributed by atoms with van der Waals surface area (Å²) in [6, 6.07) is 5.67. The monoisotopic (exact) mass is 571 g/mol. The molecule has 3 aromatic rings. The molecule has 2 atom stereocenters. The van der Waals surface area contributed by atoms with Crippen LogP contribution in [-0.4, -0.2) is 31.8 Å². The fourth-order valence-electron chi connectivity index (χ4n) is 3.52. The van der Waals surface area contributed by atoms with E-state index < -0.39 is 55.3 Å². The van der Waals surface area contributed by atoms with E-state index in [1.165, 1.54) is 29.5 Å². The zero-order chi connectivity index (χ0) is 27.7. The third-order valence-electron chi connectivity index (χ3n) is 5.60. The summed E-state index contributed by atoms with van der Waals surface area (Å²) in [6.07, 6.45) is -2.81. The van der Waals surface area contributed by atoms with Gasteiger partial charge in [-0.1, -0.05) is 6.92 Å². The average Bonchev–Trinajstić information content (AvgIpc) is 3.38. The summed E-state index contributed by atoms with van der Waals surface area (Å²) < 4.78 is 62.2. The number of ether oxygens (including phenoxy) is 1. The van der Waals surface area contributed by atoms with Gasteiger partial charge < -0.3 is 24.9 Å². The molecule has 2 unspecified atom stereocenters. The molecule has 4 rings (SSSR count). The maximum atomic E-state index is 13.3. The van der Waals surface area contributed by atoms with Crippen molar-refractivity contribution in [2.45, 2.75) is 26.1 Å². The number of benzene rings is 1. The number of thiophene rings is 1. The molecule has 0 saturated heterocycles. The van der Waals surface area contributed by atoms with Crippen molar-refractivity contribution >= 4 is 35.7 Å². The van der Waals surface area contributed by atoms with Crippen molar-refractivity contribution < 1.29 is 37.3 Å². The molecule has 0 spiro atoms. The molecular weight excluding hydrogens is 550 g/mol. The molecule has 2 aromatic heterocycles. The number of aryl methyl sites for hydroxylation is 1. The lowest BCUT2D eigenvalue weighted by molar-refractivity contribution is -0.171. The molecule has 1 aliphatic heterocycles. The van der Waals surface area contributed by atoms with E-state index in [1.54, 1.807) is 16.8 Å². The summed E-state index contributed by atoms with van der Waals surface area (Å²) in [5.74, 6) is 2.21. The predicted molar refractivity (Wildman–Crippen MR) is 134 cm³/mol. The Morgan fingerprint density at radius 2 is 2.08 bits per heavy atom. The van der Waals surface area contributed by atoms with Crippen LogP contribution in [0.25, 0.3) is 11.3 Å². The van der Waals surface area contributed by atoms with Crippen molar-refractivity contribution in [3.8, 4) is 22.8 Å². The van der Waals surface area contributed by atoms with Crippen molar-refractivity contribution in [2.75, 3.05) is 5.32 Å². The lowest BCUT2D eigenvalue weighted by Crippen LogP contribution is -2.35. The minimum Gasteiger partial charge on any atom is -0.505 e. The van der Waals surface area contributed by atoms with Gasteiger partial charge in [-0.05, 0) is 36.1 Å². The normalized spacial score (nSPS) is 18.0. The molecule has 3 heterocycles. The van der Waals surface area contributed by atoms with Crippen LogP contribution in [-0.2, 0) is 15.9 Å². The maximum Gasteiger partial charge on any atom is 0.391 e. The van der Waals surface area contributed by atoms with Crippen LogP contribution in [0.5, 0.6) is 11.5 Å². The first-order valence-corrected chi connectivity index (χ1v) is 13.4. The summed E-state index contributed by atoms with van der Waals surface area (Å²) in [6.45, 7) is 0.556. The van der Waals surface area contributed by atoms with Crippen LogP contribution in [0, 0.1) is 5.92 Å². The highest BCUT2D eigenvalue weighted by atomic mass is 32.1. The fourth-order valence-corrected chi connectivity index (χ4v) is 5.43. The molecular formula is C22H21F3N5O6PS. The van der Waals surface area contributed by atoms with E-state index >= 15 is 0 Å². The largest absolute Gasteiger partial charge is 0.505 e. The van der Waals surface area contributed by atoms with E-state index in [9.17, 15) is 32.5 Å². The Labute approximate surface area is 217 Å². The fraction of sp³-hybridized carbons (Fsp3) is 0.227. The number of fused-ring (bicyclic) bond motifs is 1. The van der Waals surface area contributed by atoms with Crippen molar-refractivity contribution in [1.82, 2.24) is 9.78 Å². The van der Waals surface area contributed by atoms with Crippen molar-refractivity contribution in [3.63, 3.8) is 0 Å². The second kappa shape index (κ2) is 10.6. The van der Waals surface area contributed by atoms with Gasteiger partial charge in [-0.3, -0.25) is 9.36 Å². The molecule has 202 valence electrons. The Morgan fingerprint density at radius 3 is 2.74 bits per heavy atom. The van der Waals surface area contributed by atoms with E-state index in [0.29, 0.717) is 5.56 Å². The Hall–Kier alpha value is -3.65. The number of amidine groups is 1. The van der Waals surface area contributed by atoms with Crippen LogP contribution in [0.15, 0.2) is 57.1 Å². The third kappa shape index (κ3) is 5.60. The van der Waals surface area contributed by atoms with E-state index in [4.69, 9.17) is 10.6 Å². The third-order valence-corrected chi connectivity index (χ3v) is 7.76. The zero-order valence-corrected chi connectivity index (χ0v) is 21.3. The molecule has 11 nitrogen and oxygen atoms in total. The molecule has 0 radical (unpaired) electrons. The number of aromatic hydroxyl groups is 1. The molecule has 0 saturated carbocycles. The van der Waals surface area contributed by atoms with Crippen LogP contribution in [0.1, 0.15) is 18.9 Å². The number of hydrogen-bond donors (Lipinski definition) is 4. The number of nitrogens with one attached hydrogen (secondary N) is 1. The number of alkyl halides is 3. The van der Waals surface area contributed by atoms with Crippen LogP contribution >= 0.6 is 18.9 Å². The number of aromatic nitrogens is 2. The van der Waals surface area contributed by atoms with Gasteiger partial charge in [0.25, 0.3) is 5.56 Å². The van der Waals surface area contributed by atoms with Gasteiger partial charge in [0.1, 0.15) is 29.5 Å². The van der Waals surface area contributed by atoms with Gasteiger partial charge in [0, 0.05) is 17.5 Å². The molecule has 0 bridgehead atoms. The highest BCUT2D eigenvalue weighted by Gasteiger charge is 2.37. The molecule has 1 aliphatic rings. The van der Waals surface area contributed by atoms with Gasteiger partial charge in [0.05, 0.1) is 16.9 Å². The molecule has 16 heteroatoms. The van der Waals surface area contributed by atoms with E-state index in [-0.39, 0.29) is 22.4 Å². The van der Waals surface area contributed by atoms with Gasteiger partial charge in [-0.2, -0.15) is 40.3 Å². The number of halogens is 3. The van der Waals surface area contributed by atoms with E-state index in [1.807, 2.05) is 0 Å². The van der Waals surface area contributed by atoms with Gasteiger partial charge >= 0.3 is 13.7 Å². The highest BCUT2D eigenvalue weighted by Crippen LogP contribution is 2.48. The molecule has 38 heavy (non-hydrogen) atoms. The molecule has 0 fully saturated rings. The maximum absolute atomic E-state index is 13.3. The van der Waals surface area contributed by atoms with Crippen LogP contribution in [0.3, 0.4) is 0 Å². The van der Waals surface area contributed by atoms with Crippen LogP contribution < -0.4 is 26.8 Å². The zero-order valence-electron chi connectivity index (χ0n) is 19.5. The lowest BCUT2D eigenvalue weighted by atomic mass is 10.1. The Morgan fingerprint density at radius 1 is 1.32 bits per heavy atom. The first kappa shape index (κ1) is 27.4.